The Morgan fingerprint density at radius 2 is 2.29 bits per heavy atom. The Kier molecular flexibility index (Phi) is 2.44. The van der Waals surface area contributed by atoms with Crippen molar-refractivity contribution >= 4 is 11.6 Å². The minimum Gasteiger partial charge on any atom is -0.325 e. The molecule has 17 heavy (non-hydrogen) atoms. The van der Waals surface area contributed by atoms with Gasteiger partial charge >= 0.3 is 0 Å². The van der Waals surface area contributed by atoms with E-state index in [0.717, 1.165) is 38.0 Å². The molecule has 2 aliphatic heterocycles. The number of rotatable bonds is 1. The van der Waals surface area contributed by atoms with Gasteiger partial charge in [-0.1, -0.05) is 25.1 Å². The number of amides is 1. The summed E-state index contributed by atoms with van der Waals surface area (Å²) in [5.41, 5.74) is 3.22. The smallest absolute Gasteiger partial charge is 0.236 e. The Morgan fingerprint density at radius 1 is 1.41 bits per heavy atom. The molecule has 0 aromatic heterocycles. The van der Waals surface area contributed by atoms with Crippen LogP contribution in [-0.4, -0.2) is 19.0 Å². The quantitative estimate of drug-likeness (QED) is 0.772. The summed E-state index contributed by atoms with van der Waals surface area (Å²) in [4.78, 5) is 12.3. The molecular formula is C14H18N2O. The molecular weight excluding hydrogens is 212 g/mol. The third-order valence-corrected chi connectivity index (χ3v) is 4.10. The summed E-state index contributed by atoms with van der Waals surface area (Å²) in [6.07, 6.45) is 3.00. The first-order valence-electron chi connectivity index (χ1n) is 6.42. The molecule has 0 bridgehead atoms. The second kappa shape index (κ2) is 3.84. The van der Waals surface area contributed by atoms with Gasteiger partial charge in [-0.15, -0.1) is 0 Å². The first-order valence-corrected chi connectivity index (χ1v) is 6.42. The Hall–Kier alpha value is -1.35. The molecule has 0 radical (unpaired) electrons. The van der Waals surface area contributed by atoms with E-state index in [1.807, 2.05) is 0 Å². The topological polar surface area (TPSA) is 41.1 Å². The van der Waals surface area contributed by atoms with E-state index >= 15 is 0 Å². The summed E-state index contributed by atoms with van der Waals surface area (Å²) < 4.78 is 0. The highest BCUT2D eigenvalue weighted by Gasteiger charge is 2.47. The Morgan fingerprint density at radius 3 is 3.00 bits per heavy atom. The zero-order valence-corrected chi connectivity index (χ0v) is 10.2. The van der Waals surface area contributed by atoms with Crippen LogP contribution in [-0.2, 0) is 16.6 Å². The van der Waals surface area contributed by atoms with Crippen molar-refractivity contribution in [2.24, 2.45) is 0 Å². The van der Waals surface area contributed by atoms with Gasteiger partial charge in [0.1, 0.15) is 0 Å². The van der Waals surface area contributed by atoms with Gasteiger partial charge in [0.05, 0.1) is 5.41 Å². The normalized spacial score (nSPS) is 27.0. The highest BCUT2D eigenvalue weighted by Crippen LogP contribution is 2.43. The summed E-state index contributed by atoms with van der Waals surface area (Å²) >= 11 is 0. The second-order valence-corrected chi connectivity index (χ2v) is 5.01. The van der Waals surface area contributed by atoms with E-state index in [2.05, 4.69) is 35.8 Å². The molecule has 2 heterocycles. The van der Waals surface area contributed by atoms with Crippen LogP contribution in [0.5, 0.6) is 0 Å². The van der Waals surface area contributed by atoms with E-state index in [-0.39, 0.29) is 11.3 Å². The average Bonchev–Trinajstić information content (AvgIpc) is 2.64. The van der Waals surface area contributed by atoms with Gasteiger partial charge in [-0.2, -0.15) is 0 Å². The van der Waals surface area contributed by atoms with E-state index in [1.54, 1.807) is 0 Å². The molecule has 1 atom stereocenters. The van der Waals surface area contributed by atoms with Crippen LogP contribution in [0.15, 0.2) is 18.2 Å². The fourth-order valence-electron chi connectivity index (χ4n) is 3.13. The van der Waals surface area contributed by atoms with Crippen molar-refractivity contribution in [1.82, 2.24) is 5.32 Å². The van der Waals surface area contributed by atoms with Crippen molar-refractivity contribution in [3.8, 4) is 0 Å². The molecule has 1 aromatic rings. The van der Waals surface area contributed by atoms with E-state index in [9.17, 15) is 4.79 Å². The minimum absolute atomic E-state index is 0.181. The summed E-state index contributed by atoms with van der Waals surface area (Å²) in [6, 6.07) is 6.29. The zero-order valence-electron chi connectivity index (χ0n) is 10.2. The average molecular weight is 230 g/mol. The van der Waals surface area contributed by atoms with Gasteiger partial charge in [0.2, 0.25) is 5.91 Å². The third kappa shape index (κ3) is 1.42. The van der Waals surface area contributed by atoms with Crippen LogP contribution >= 0.6 is 0 Å². The second-order valence-electron chi connectivity index (χ2n) is 5.01. The molecule has 0 saturated carbocycles. The minimum atomic E-state index is -0.307. The lowest BCUT2D eigenvalue weighted by Crippen LogP contribution is -2.47. The van der Waals surface area contributed by atoms with Crippen LogP contribution in [0.2, 0.25) is 0 Å². The maximum absolute atomic E-state index is 12.3. The van der Waals surface area contributed by atoms with E-state index in [0.29, 0.717) is 0 Å². The van der Waals surface area contributed by atoms with E-state index in [4.69, 9.17) is 0 Å². The van der Waals surface area contributed by atoms with Gasteiger partial charge in [-0.25, -0.2) is 0 Å². The fourth-order valence-corrected chi connectivity index (χ4v) is 3.13. The van der Waals surface area contributed by atoms with Gasteiger partial charge in [0.15, 0.2) is 0 Å². The lowest BCUT2D eigenvalue weighted by Gasteiger charge is -2.32. The highest BCUT2D eigenvalue weighted by atomic mass is 16.2. The molecule has 0 aliphatic carbocycles. The standard InChI is InChI=1S/C14H18N2O/c1-2-10-5-3-6-11-12(10)16-13(17)14(11)7-4-8-15-9-14/h3,5-6,15H,2,4,7-9H2,1H3,(H,16,17). The van der Waals surface area contributed by atoms with Gasteiger partial charge in [0.25, 0.3) is 0 Å². The van der Waals surface area contributed by atoms with Crippen LogP contribution in [0.3, 0.4) is 0 Å². The van der Waals surface area contributed by atoms with Crippen LogP contribution in [0.1, 0.15) is 30.9 Å². The molecule has 3 heteroatoms. The molecule has 3 nitrogen and oxygen atoms in total. The maximum atomic E-state index is 12.3. The number of carbonyl (C=O) groups excluding carboxylic acids is 1. The predicted molar refractivity (Wildman–Crippen MR) is 68.2 cm³/mol. The monoisotopic (exact) mass is 230 g/mol. The molecule has 1 amide bonds. The summed E-state index contributed by atoms with van der Waals surface area (Å²) in [6.45, 7) is 3.93. The molecule has 2 N–H and O–H groups in total. The van der Waals surface area contributed by atoms with E-state index in [1.165, 1.54) is 11.1 Å². The van der Waals surface area contributed by atoms with Gasteiger partial charge < -0.3 is 10.6 Å². The van der Waals surface area contributed by atoms with Crippen molar-refractivity contribution in [1.29, 1.82) is 0 Å². The largest absolute Gasteiger partial charge is 0.325 e. The number of hydrogen-bond donors (Lipinski definition) is 2. The zero-order chi connectivity index (χ0) is 11.9. The number of hydrogen-bond acceptors (Lipinski definition) is 2. The number of nitrogens with one attached hydrogen (secondary N) is 2. The molecule has 1 saturated heterocycles. The highest BCUT2D eigenvalue weighted by molar-refractivity contribution is 6.07. The number of para-hydroxylation sites is 1. The Bertz CT molecular complexity index is 461. The van der Waals surface area contributed by atoms with Crippen LogP contribution < -0.4 is 10.6 Å². The van der Waals surface area contributed by atoms with Crippen molar-refractivity contribution in [2.75, 3.05) is 18.4 Å². The number of benzene rings is 1. The first kappa shape index (κ1) is 10.8. The molecule has 1 unspecified atom stereocenters. The van der Waals surface area contributed by atoms with Crippen molar-refractivity contribution in [3.05, 3.63) is 29.3 Å². The van der Waals surface area contributed by atoms with Crippen LogP contribution in [0, 0.1) is 0 Å². The first-order chi connectivity index (χ1) is 8.28. The molecule has 90 valence electrons. The molecule has 2 aliphatic rings. The number of aryl methyl sites for hydroxylation is 1. The lowest BCUT2D eigenvalue weighted by molar-refractivity contribution is -0.121. The van der Waals surface area contributed by atoms with Crippen molar-refractivity contribution < 1.29 is 4.79 Å². The Balaban J connectivity index is 2.13. The Labute approximate surface area is 102 Å². The van der Waals surface area contributed by atoms with Crippen molar-refractivity contribution in [2.45, 2.75) is 31.6 Å². The van der Waals surface area contributed by atoms with Gasteiger partial charge in [0, 0.05) is 12.2 Å². The summed E-state index contributed by atoms with van der Waals surface area (Å²) in [5.74, 6) is 0.181. The SMILES string of the molecule is CCc1cccc2c1NC(=O)C21CCCNC1. The summed E-state index contributed by atoms with van der Waals surface area (Å²) in [5, 5.41) is 6.46. The number of anilines is 1. The van der Waals surface area contributed by atoms with E-state index < -0.39 is 0 Å². The molecule has 1 fully saturated rings. The predicted octanol–water partition coefficient (Wildman–Crippen LogP) is 1.82. The van der Waals surface area contributed by atoms with Crippen LogP contribution in [0.4, 0.5) is 5.69 Å². The summed E-state index contributed by atoms with van der Waals surface area (Å²) in [7, 11) is 0. The lowest BCUT2D eigenvalue weighted by atomic mass is 9.75. The van der Waals surface area contributed by atoms with Gasteiger partial charge in [-0.05, 0) is 36.9 Å². The number of piperidine rings is 1. The number of carbonyl (C=O) groups is 1. The maximum Gasteiger partial charge on any atom is 0.236 e. The molecule has 3 rings (SSSR count). The molecule has 1 aromatic carbocycles. The number of fused-ring (bicyclic) bond motifs is 2. The van der Waals surface area contributed by atoms with Crippen molar-refractivity contribution in [3.63, 3.8) is 0 Å². The molecule has 1 spiro atoms. The van der Waals surface area contributed by atoms with Gasteiger partial charge in [-0.3, -0.25) is 4.79 Å². The van der Waals surface area contributed by atoms with Crippen LogP contribution in [0.25, 0.3) is 0 Å². The third-order valence-electron chi connectivity index (χ3n) is 4.10. The fraction of sp³-hybridized carbons (Fsp3) is 0.500.